The maximum absolute atomic E-state index is 13.9. The van der Waals surface area contributed by atoms with Crippen molar-refractivity contribution in [2.24, 2.45) is 0 Å². The highest BCUT2D eigenvalue weighted by atomic mass is 79.9. The zero-order chi connectivity index (χ0) is 90.5. The van der Waals surface area contributed by atoms with Crippen molar-refractivity contribution in [1.29, 1.82) is 0 Å². The van der Waals surface area contributed by atoms with E-state index < -0.39 is 28.8 Å². The van der Waals surface area contributed by atoms with Gasteiger partial charge in [-0.05, 0) is 138 Å². The van der Waals surface area contributed by atoms with Crippen LogP contribution in [-0.2, 0) is 58.0 Å². The molecule has 31 nitrogen and oxygen atoms in total. The molecule has 1 aliphatic rings. The molecule has 1 amide bonds. The predicted molar refractivity (Wildman–Crippen MR) is 487 cm³/mol. The van der Waals surface area contributed by atoms with Gasteiger partial charge in [0.1, 0.15) is 77.3 Å². The van der Waals surface area contributed by atoms with Crippen LogP contribution in [-0.4, -0.2) is 104 Å². The highest BCUT2D eigenvalue weighted by molar-refractivity contribution is 9.10. The number of halogens is 4. The smallest absolute Gasteiger partial charge is 0.310 e. The van der Waals surface area contributed by atoms with Gasteiger partial charge in [0.2, 0.25) is 5.82 Å². The molecule has 656 valence electrons. The molecule has 0 fully saturated rings. The van der Waals surface area contributed by atoms with Crippen LogP contribution in [0.5, 0.6) is 23.0 Å². The van der Waals surface area contributed by atoms with Gasteiger partial charge in [0.05, 0.1) is 16.3 Å². The second kappa shape index (κ2) is 39.4. The molecule has 11 aromatic heterocycles. The van der Waals surface area contributed by atoms with Crippen LogP contribution in [0.15, 0.2) is 271 Å². The molecule has 0 radical (unpaired) electrons. The van der Waals surface area contributed by atoms with E-state index in [1.165, 1.54) is 89.1 Å². The van der Waals surface area contributed by atoms with Crippen LogP contribution >= 0.6 is 27.3 Å². The number of hydrogen-bond donors (Lipinski definition) is 6. The van der Waals surface area contributed by atoms with E-state index in [2.05, 4.69) is 116 Å². The summed E-state index contributed by atoms with van der Waals surface area (Å²) in [6, 6.07) is 70.5. The number of benzene rings is 8. The van der Waals surface area contributed by atoms with Crippen molar-refractivity contribution in [3.8, 4) is 68.5 Å². The van der Waals surface area contributed by atoms with Crippen LogP contribution in [0.25, 0.3) is 74.4 Å². The molecule has 0 aliphatic heterocycles. The number of nitrogens with zero attached hydrogens (tertiary/aromatic N) is 15. The van der Waals surface area contributed by atoms with Crippen LogP contribution in [0.2, 0.25) is 0 Å². The van der Waals surface area contributed by atoms with Gasteiger partial charge in [-0.3, -0.25) is 54.3 Å². The Hall–Kier alpha value is -15.9. The number of amides is 1. The summed E-state index contributed by atoms with van der Waals surface area (Å²) in [7, 11) is 0. The number of anilines is 1. The maximum atomic E-state index is 13.9. The zero-order valence-electron chi connectivity index (χ0n) is 70.4. The van der Waals surface area contributed by atoms with Gasteiger partial charge in [-0.25, -0.2) is 38.7 Å². The van der Waals surface area contributed by atoms with Gasteiger partial charge in [0, 0.05) is 64.5 Å². The standard InChI is InChI=1S/C22H20N4O2.C20H17BrN4O2.C20H17N5O2.C18H14F2N4O2S.C14H13FN4O2/c27-20-13-17(14-28-19-12-6-10-15-7-4-5-11-18(15)19)23-22-24-21(25-26(20)22)16-8-2-1-3-9-16;1-2-13-8-10-15(11-9-13)27-12-16-17(21)19(26)25-20(22-16)23-18(24-25)14-6-4-3-5-7-14;1-12-7-6-10-15(13(12)2)21-19(27)16-11-17(26)25-20(22-16)23-18(24-25)14-8-4-3-5-9-14;1-18(19,20)14-8-13(10-27-14)26-9-12-7-15(25)24-17(21-12)22-16(23-24)11-5-3-2-4-6-11;1-2-9-3-5-10(6-4-9)21-7-11-12(15)13(20)19-14(18-11)16-8-17-19/h1-3,6,8-10,12-13H,4-5,7,11,14H2,(H,23,24,25);3-11H,2,12H2,1H3,(H,22,23,24);3-11H,1-2H3,(H,21,27)(H,22,23,24);2-8,10H,9H2,1H3,(H,21,22,23);3-6,8H,2,7H2,1H3,(H,16,17,18). The lowest BCUT2D eigenvalue weighted by Crippen LogP contribution is -2.22. The summed E-state index contributed by atoms with van der Waals surface area (Å²) in [5.41, 5.74) is 10.6. The third kappa shape index (κ3) is 20.5. The summed E-state index contributed by atoms with van der Waals surface area (Å²) in [4.78, 5) is 117. The van der Waals surface area contributed by atoms with E-state index in [1.807, 2.05) is 202 Å². The van der Waals surface area contributed by atoms with Crippen molar-refractivity contribution >= 4 is 67.7 Å². The van der Waals surface area contributed by atoms with Crippen molar-refractivity contribution in [1.82, 2.24) is 97.9 Å². The van der Waals surface area contributed by atoms with Gasteiger partial charge in [0.15, 0.2) is 23.3 Å². The number of carbonyl (C=O) groups is 1. The average molecular weight is 1830 g/mol. The molecule has 11 heterocycles. The molecular formula is C94H81BrF3N21O10S. The molecule has 36 heteroatoms. The van der Waals surface area contributed by atoms with E-state index in [0.717, 1.165) is 93.3 Å². The van der Waals surface area contributed by atoms with E-state index in [4.69, 9.17) is 18.9 Å². The van der Waals surface area contributed by atoms with Crippen LogP contribution in [0.3, 0.4) is 0 Å². The first-order valence-corrected chi connectivity index (χ1v) is 42.8. The fraction of sp³-hybridized carbons (Fsp3) is 0.170. The molecule has 0 saturated carbocycles. The maximum Gasteiger partial charge on any atom is 0.310 e. The van der Waals surface area contributed by atoms with Gasteiger partial charge in [-0.15, -0.1) is 11.3 Å². The SMILES string of the molecule is CC(F)(F)c1cc(OCc2cc(=O)n3[nH]c(-c4ccccc4)nc3n2)cs1.CCc1ccc(OCc2nc3nc(-c4ccccc4)[nH]n3c(=O)c2Br)cc1.CCc1ccc(OCc2nc3nc[nH]n3c(=O)c2F)cc1.Cc1cccc(NC(=O)c2cc(=O)n3[nH]c(-c4ccccc4)nc3n2)c1C.O=c1cc(COc2cccc3c2CCCC3)nc2nc(-c3ccccc3)[nH]n12. The minimum Gasteiger partial charge on any atom is -0.487 e. The summed E-state index contributed by atoms with van der Waals surface area (Å²) >= 11 is 4.26. The van der Waals surface area contributed by atoms with Crippen molar-refractivity contribution in [3.05, 3.63) is 371 Å². The van der Waals surface area contributed by atoms with Crippen molar-refractivity contribution in [2.75, 3.05) is 5.32 Å². The molecule has 0 unspecified atom stereocenters. The fourth-order valence-corrected chi connectivity index (χ4v) is 14.9. The number of rotatable bonds is 21. The molecule has 0 bridgehead atoms. The summed E-state index contributed by atoms with van der Waals surface area (Å²) in [5, 5.41) is 18.6. The highest BCUT2D eigenvalue weighted by Crippen LogP contribution is 2.36. The predicted octanol–water partition coefficient (Wildman–Crippen LogP) is 16.0. The van der Waals surface area contributed by atoms with Crippen molar-refractivity contribution in [3.63, 3.8) is 0 Å². The van der Waals surface area contributed by atoms with E-state index in [-0.39, 0.29) is 76.7 Å². The third-order valence-electron chi connectivity index (χ3n) is 20.9. The lowest BCUT2D eigenvalue weighted by molar-refractivity contribution is 0.0213. The van der Waals surface area contributed by atoms with E-state index >= 15 is 0 Å². The molecule has 0 spiro atoms. The molecule has 130 heavy (non-hydrogen) atoms. The lowest BCUT2D eigenvalue weighted by Gasteiger charge is -2.19. The second-order valence-electron chi connectivity index (χ2n) is 29.8. The first-order chi connectivity index (χ1) is 63.0. The normalized spacial score (nSPS) is 11.7. The van der Waals surface area contributed by atoms with Gasteiger partial charge in [-0.2, -0.15) is 46.9 Å². The summed E-state index contributed by atoms with van der Waals surface area (Å²) in [5.74, 6) is 1.57. The first-order valence-electron chi connectivity index (χ1n) is 41.2. The van der Waals surface area contributed by atoms with Crippen molar-refractivity contribution < 1.29 is 36.9 Å². The quantitative estimate of drug-likeness (QED) is 0.0389. The Kier molecular flexibility index (Phi) is 26.5. The highest BCUT2D eigenvalue weighted by Gasteiger charge is 2.28. The minimum absolute atomic E-state index is 0.0204. The molecular weight excluding hydrogens is 1750 g/mol. The van der Waals surface area contributed by atoms with Crippen LogP contribution in [0.1, 0.15) is 105 Å². The summed E-state index contributed by atoms with van der Waals surface area (Å²) in [6.07, 6.45) is 7.75. The Morgan fingerprint density at radius 1 is 0.477 bits per heavy atom. The summed E-state index contributed by atoms with van der Waals surface area (Å²) < 4.78 is 69.7. The van der Waals surface area contributed by atoms with Gasteiger partial charge in [0.25, 0.3) is 63.0 Å². The summed E-state index contributed by atoms with van der Waals surface area (Å²) in [6.45, 7) is 9.16. The number of aromatic amines is 5. The number of nitrogens with one attached hydrogen (secondary N) is 6. The molecule has 6 N–H and O–H groups in total. The van der Waals surface area contributed by atoms with Gasteiger partial charge < -0.3 is 24.3 Å². The van der Waals surface area contributed by atoms with Crippen LogP contribution in [0.4, 0.5) is 18.9 Å². The molecule has 19 aromatic rings. The zero-order valence-corrected chi connectivity index (χ0v) is 72.8. The number of alkyl halides is 2. The van der Waals surface area contributed by atoms with Crippen molar-refractivity contribution in [2.45, 2.75) is 105 Å². The minimum atomic E-state index is -2.91. The van der Waals surface area contributed by atoms with Gasteiger partial charge >= 0.3 is 5.56 Å². The Balaban J connectivity index is 0.000000119. The number of hydrogen-bond acceptors (Lipinski definition) is 21. The monoisotopic (exact) mass is 1830 g/mol. The van der Waals surface area contributed by atoms with Gasteiger partial charge in [-0.1, -0.05) is 184 Å². The Bertz CT molecular complexity index is 7580. The Morgan fingerprint density at radius 2 is 0.938 bits per heavy atom. The second-order valence-corrected chi connectivity index (χ2v) is 31.5. The molecule has 1 aliphatic carbocycles. The third-order valence-corrected chi connectivity index (χ3v) is 22.7. The molecule has 0 atom stereocenters. The molecule has 8 aromatic carbocycles. The largest absolute Gasteiger partial charge is 0.487 e. The lowest BCUT2D eigenvalue weighted by atomic mass is 9.91. The Labute approximate surface area is 748 Å². The first kappa shape index (κ1) is 87.6. The topological polar surface area (TPSA) is 381 Å². The van der Waals surface area contributed by atoms with E-state index in [9.17, 15) is 41.9 Å². The number of fused-ring (bicyclic) bond motifs is 6. The van der Waals surface area contributed by atoms with E-state index in [0.29, 0.717) is 73.6 Å². The molecule has 20 rings (SSSR count). The number of aromatic nitrogens is 20. The number of aryl methyl sites for hydroxylation is 4. The number of carbonyl (C=O) groups excluding carboxylic acids is 1. The van der Waals surface area contributed by atoms with E-state index in [1.54, 1.807) is 12.1 Å². The molecule has 0 saturated heterocycles. The van der Waals surface area contributed by atoms with Crippen LogP contribution in [0, 0.1) is 19.7 Å². The number of thiophene rings is 1. The number of H-pyrrole nitrogens is 5. The number of ether oxygens (including phenoxy) is 4. The van der Waals surface area contributed by atoms with Crippen LogP contribution < -0.4 is 52.1 Å². The average Bonchev–Trinajstić information content (AvgIpc) is 1.62. The fourth-order valence-electron chi connectivity index (χ4n) is 13.7. The Morgan fingerprint density at radius 3 is 1.45 bits per heavy atom.